The first-order valence-corrected chi connectivity index (χ1v) is 7.35. The van der Waals surface area contributed by atoms with Crippen LogP contribution in [0.25, 0.3) is 0 Å². The molecule has 0 aliphatic heterocycles. The molecule has 0 N–H and O–H groups in total. The van der Waals surface area contributed by atoms with Crippen molar-refractivity contribution < 1.29 is 17.9 Å². The fraction of sp³-hybridized carbons (Fsp3) is 0.600. The molecule has 1 aliphatic rings. The summed E-state index contributed by atoms with van der Waals surface area (Å²) in [6.07, 6.45) is 1.79. The second-order valence-electron chi connectivity index (χ2n) is 5.38. The van der Waals surface area contributed by atoms with Gasteiger partial charge in [0.2, 0.25) is 0 Å². The van der Waals surface area contributed by atoms with Crippen LogP contribution < -0.4 is 4.74 Å². The van der Waals surface area contributed by atoms with Crippen molar-refractivity contribution in [2.24, 2.45) is 5.92 Å². The van der Waals surface area contributed by atoms with Gasteiger partial charge in [-0.2, -0.15) is 0 Å². The van der Waals surface area contributed by atoms with E-state index in [9.17, 15) is 13.2 Å². The second kappa shape index (κ2) is 6.70. The molecule has 112 valence electrons. The first-order chi connectivity index (χ1) is 9.42. The van der Waals surface area contributed by atoms with Crippen molar-refractivity contribution in [2.75, 3.05) is 0 Å². The lowest BCUT2D eigenvalue weighted by molar-refractivity contribution is -0.274. The lowest BCUT2D eigenvalue weighted by Crippen LogP contribution is -2.17. The topological polar surface area (TPSA) is 9.23 Å². The number of halogens is 4. The summed E-state index contributed by atoms with van der Waals surface area (Å²) in [6.45, 7) is 0. The summed E-state index contributed by atoms with van der Waals surface area (Å²) < 4.78 is 40.1. The van der Waals surface area contributed by atoms with Crippen molar-refractivity contribution in [3.05, 3.63) is 29.8 Å². The predicted molar refractivity (Wildman–Crippen MR) is 73.0 cm³/mol. The highest BCUT2D eigenvalue weighted by Crippen LogP contribution is 2.30. The van der Waals surface area contributed by atoms with Crippen LogP contribution >= 0.6 is 11.6 Å². The SMILES string of the molecule is FC(F)(F)Oc1ccc(CC2CCCCC(Cl)C2)cc1. The van der Waals surface area contributed by atoms with Crippen LogP contribution in [-0.4, -0.2) is 11.7 Å². The smallest absolute Gasteiger partial charge is 0.406 e. The molecule has 1 nitrogen and oxygen atoms in total. The largest absolute Gasteiger partial charge is 0.573 e. The van der Waals surface area contributed by atoms with E-state index >= 15 is 0 Å². The minimum absolute atomic E-state index is 0.169. The van der Waals surface area contributed by atoms with Crippen LogP contribution in [0.4, 0.5) is 13.2 Å². The van der Waals surface area contributed by atoms with Crippen molar-refractivity contribution >= 4 is 11.6 Å². The number of rotatable bonds is 3. The Morgan fingerprint density at radius 3 is 2.40 bits per heavy atom. The van der Waals surface area contributed by atoms with Gasteiger partial charge in [-0.25, -0.2) is 0 Å². The normalized spacial score (nSPS) is 24.2. The minimum atomic E-state index is -4.63. The Labute approximate surface area is 122 Å². The van der Waals surface area contributed by atoms with Gasteiger partial charge in [0.05, 0.1) is 0 Å². The van der Waals surface area contributed by atoms with Gasteiger partial charge >= 0.3 is 6.36 Å². The lowest BCUT2D eigenvalue weighted by atomic mass is 9.92. The quantitative estimate of drug-likeness (QED) is 0.543. The van der Waals surface area contributed by atoms with E-state index in [4.69, 9.17) is 11.6 Å². The molecule has 0 saturated heterocycles. The van der Waals surface area contributed by atoms with Crippen LogP contribution in [0.3, 0.4) is 0 Å². The van der Waals surface area contributed by atoms with Crippen molar-refractivity contribution in [3.8, 4) is 5.75 Å². The Hall–Kier alpha value is -0.900. The van der Waals surface area contributed by atoms with Crippen LogP contribution in [0.15, 0.2) is 24.3 Å². The van der Waals surface area contributed by atoms with Gasteiger partial charge in [-0.05, 0) is 42.9 Å². The maximum atomic E-state index is 12.1. The Morgan fingerprint density at radius 2 is 1.75 bits per heavy atom. The zero-order valence-electron chi connectivity index (χ0n) is 11.1. The summed E-state index contributed by atoms with van der Waals surface area (Å²) in [5.74, 6) is 0.353. The molecule has 0 bridgehead atoms. The van der Waals surface area contributed by atoms with Gasteiger partial charge in [0.25, 0.3) is 0 Å². The van der Waals surface area contributed by atoms with Gasteiger partial charge in [-0.1, -0.05) is 31.4 Å². The summed E-state index contributed by atoms with van der Waals surface area (Å²) in [5, 5.41) is 0.232. The molecule has 5 heteroatoms. The molecule has 2 unspecified atom stereocenters. The third-order valence-electron chi connectivity index (χ3n) is 3.65. The highest BCUT2D eigenvalue weighted by Gasteiger charge is 2.31. The van der Waals surface area contributed by atoms with Crippen molar-refractivity contribution in [2.45, 2.75) is 50.3 Å². The Kier molecular flexibility index (Phi) is 5.19. The number of benzene rings is 1. The fourth-order valence-corrected chi connectivity index (χ4v) is 3.15. The van der Waals surface area contributed by atoms with Gasteiger partial charge in [0, 0.05) is 5.38 Å². The van der Waals surface area contributed by atoms with E-state index in [1.165, 1.54) is 25.0 Å². The fourth-order valence-electron chi connectivity index (χ4n) is 2.74. The Morgan fingerprint density at radius 1 is 1.10 bits per heavy atom. The zero-order chi connectivity index (χ0) is 14.6. The molecule has 0 radical (unpaired) electrons. The van der Waals surface area contributed by atoms with E-state index in [1.807, 2.05) is 0 Å². The molecule has 20 heavy (non-hydrogen) atoms. The first kappa shape index (κ1) is 15.5. The van der Waals surface area contributed by atoms with E-state index in [-0.39, 0.29) is 11.1 Å². The van der Waals surface area contributed by atoms with Crippen molar-refractivity contribution in [1.29, 1.82) is 0 Å². The average Bonchev–Trinajstić information content (AvgIpc) is 2.54. The van der Waals surface area contributed by atoms with E-state index in [1.54, 1.807) is 12.1 Å². The second-order valence-corrected chi connectivity index (χ2v) is 6.00. The standard InChI is InChI=1S/C15H18ClF3O/c16-13-4-2-1-3-12(10-13)9-11-5-7-14(8-6-11)20-15(17,18)19/h5-8,12-13H,1-4,9-10H2. The van der Waals surface area contributed by atoms with Crippen molar-refractivity contribution in [3.63, 3.8) is 0 Å². The van der Waals surface area contributed by atoms with E-state index in [0.717, 1.165) is 31.2 Å². The molecule has 1 saturated carbocycles. The minimum Gasteiger partial charge on any atom is -0.406 e. The summed E-state index contributed by atoms with van der Waals surface area (Å²) in [5.41, 5.74) is 1.04. The summed E-state index contributed by atoms with van der Waals surface area (Å²) in [6, 6.07) is 6.15. The highest BCUT2D eigenvalue weighted by molar-refractivity contribution is 6.20. The van der Waals surface area contributed by atoms with Gasteiger partial charge in [-0.3, -0.25) is 0 Å². The number of ether oxygens (including phenoxy) is 1. The first-order valence-electron chi connectivity index (χ1n) is 6.91. The lowest BCUT2D eigenvalue weighted by Gasteiger charge is -2.16. The maximum Gasteiger partial charge on any atom is 0.573 e. The molecule has 2 atom stereocenters. The third-order valence-corrected chi connectivity index (χ3v) is 4.05. The maximum absolute atomic E-state index is 12.1. The third kappa shape index (κ3) is 5.23. The predicted octanol–water partition coefficient (Wildman–Crippen LogP) is 5.32. The van der Waals surface area contributed by atoms with E-state index in [0.29, 0.717) is 5.92 Å². The molecule has 2 rings (SSSR count). The van der Waals surface area contributed by atoms with Crippen LogP contribution in [0.1, 0.15) is 37.7 Å². The monoisotopic (exact) mass is 306 g/mol. The summed E-state index contributed by atoms with van der Waals surface area (Å²) >= 11 is 6.23. The van der Waals surface area contributed by atoms with Crippen molar-refractivity contribution in [1.82, 2.24) is 0 Å². The van der Waals surface area contributed by atoms with Crippen LogP contribution in [-0.2, 0) is 6.42 Å². The molecule has 0 amide bonds. The Balaban J connectivity index is 1.93. The molecule has 1 fully saturated rings. The molecular weight excluding hydrogens is 289 g/mol. The highest BCUT2D eigenvalue weighted by atomic mass is 35.5. The molecule has 0 aromatic heterocycles. The average molecular weight is 307 g/mol. The molecule has 0 heterocycles. The van der Waals surface area contributed by atoms with Gasteiger partial charge < -0.3 is 4.74 Å². The number of hydrogen-bond acceptors (Lipinski definition) is 1. The van der Waals surface area contributed by atoms with Crippen LogP contribution in [0.5, 0.6) is 5.75 Å². The summed E-state index contributed by atoms with van der Waals surface area (Å²) in [7, 11) is 0. The molecular formula is C15H18ClF3O. The van der Waals surface area contributed by atoms with Gasteiger partial charge in [-0.15, -0.1) is 24.8 Å². The molecule has 1 aliphatic carbocycles. The Bertz CT molecular complexity index is 416. The van der Waals surface area contributed by atoms with Crippen LogP contribution in [0.2, 0.25) is 0 Å². The van der Waals surface area contributed by atoms with Gasteiger partial charge in [0.1, 0.15) is 5.75 Å². The van der Waals surface area contributed by atoms with E-state index < -0.39 is 6.36 Å². The molecule has 1 aromatic carbocycles. The zero-order valence-corrected chi connectivity index (χ0v) is 11.9. The molecule has 0 spiro atoms. The van der Waals surface area contributed by atoms with Crippen LogP contribution in [0, 0.1) is 5.92 Å². The van der Waals surface area contributed by atoms with Gasteiger partial charge in [0.15, 0.2) is 0 Å². The summed E-state index contributed by atoms with van der Waals surface area (Å²) in [4.78, 5) is 0. The number of alkyl halides is 4. The molecule has 1 aromatic rings. The van der Waals surface area contributed by atoms with E-state index in [2.05, 4.69) is 4.74 Å². The number of hydrogen-bond donors (Lipinski definition) is 0.